The summed E-state index contributed by atoms with van der Waals surface area (Å²) < 4.78 is 5.34. The number of benzene rings is 1. The molecule has 0 radical (unpaired) electrons. The smallest absolute Gasteiger partial charge is 0.296 e. The maximum atomic E-state index is 11.2. The van der Waals surface area contributed by atoms with E-state index in [4.69, 9.17) is 4.74 Å². The Bertz CT molecular complexity index is 484. The van der Waals surface area contributed by atoms with Crippen molar-refractivity contribution in [3.8, 4) is 5.75 Å². The Morgan fingerprint density at radius 3 is 2.71 bits per heavy atom. The van der Waals surface area contributed by atoms with E-state index in [9.17, 15) is 10.1 Å². The van der Waals surface area contributed by atoms with E-state index in [1.807, 2.05) is 6.92 Å². The molecule has 0 aromatic heterocycles. The van der Waals surface area contributed by atoms with E-state index in [0.717, 1.165) is 0 Å². The monoisotopic (exact) mass is 292 g/mol. The number of rotatable bonds is 6. The first-order valence-corrected chi connectivity index (χ1v) is 7.79. The number of nitrogens with one attached hydrogen (secondary N) is 1. The molecule has 21 heavy (non-hydrogen) atoms. The molecule has 1 aliphatic rings. The molecule has 0 bridgehead atoms. The van der Waals surface area contributed by atoms with Crippen LogP contribution in [0.25, 0.3) is 0 Å². The minimum atomic E-state index is -0.349. The van der Waals surface area contributed by atoms with Gasteiger partial charge in [0.2, 0.25) is 0 Å². The molecule has 2 rings (SSSR count). The molecule has 0 saturated heterocycles. The molecule has 1 aromatic carbocycles. The van der Waals surface area contributed by atoms with Crippen LogP contribution in [-0.4, -0.2) is 17.6 Å². The standard InChI is InChI=1S/C16H24N2O3/c1-3-21-14-9-10-15(16(11-14)18(19)20)17-12(2)13-7-5-4-6-8-13/h9-13,17H,3-8H2,1-2H3. The molecule has 0 heterocycles. The molecule has 1 unspecified atom stereocenters. The zero-order valence-electron chi connectivity index (χ0n) is 12.8. The highest BCUT2D eigenvalue weighted by Crippen LogP contribution is 2.33. The van der Waals surface area contributed by atoms with Crippen molar-refractivity contribution < 1.29 is 9.66 Å². The van der Waals surface area contributed by atoms with Gasteiger partial charge in [0.1, 0.15) is 11.4 Å². The van der Waals surface area contributed by atoms with Crippen LogP contribution in [0.3, 0.4) is 0 Å². The van der Waals surface area contributed by atoms with Crippen molar-refractivity contribution in [1.82, 2.24) is 0 Å². The van der Waals surface area contributed by atoms with Crippen LogP contribution in [0.1, 0.15) is 46.0 Å². The number of nitrogens with zero attached hydrogens (tertiary/aromatic N) is 1. The summed E-state index contributed by atoms with van der Waals surface area (Å²) in [4.78, 5) is 10.9. The Morgan fingerprint density at radius 2 is 2.10 bits per heavy atom. The van der Waals surface area contributed by atoms with E-state index in [-0.39, 0.29) is 16.7 Å². The van der Waals surface area contributed by atoms with Crippen LogP contribution >= 0.6 is 0 Å². The highest BCUT2D eigenvalue weighted by atomic mass is 16.6. The predicted molar refractivity (Wildman–Crippen MR) is 83.9 cm³/mol. The van der Waals surface area contributed by atoms with Gasteiger partial charge in [-0.05, 0) is 44.7 Å². The number of anilines is 1. The van der Waals surface area contributed by atoms with E-state index in [1.54, 1.807) is 12.1 Å². The van der Waals surface area contributed by atoms with E-state index in [0.29, 0.717) is 24.0 Å². The zero-order valence-corrected chi connectivity index (χ0v) is 12.8. The van der Waals surface area contributed by atoms with Crippen molar-refractivity contribution in [3.05, 3.63) is 28.3 Å². The Balaban J connectivity index is 2.12. The second-order valence-corrected chi connectivity index (χ2v) is 5.70. The van der Waals surface area contributed by atoms with Crippen LogP contribution in [0.4, 0.5) is 11.4 Å². The minimum Gasteiger partial charge on any atom is -0.494 e. The lowest BCUT2D eigenvalue weighted by molar-refractivity contribution is -0.384. The summed E-state index contributed by atoms with van der Waals surface area (Å²) in [6.45, 7) is 4.49. The molecular weight excluding hydrogens is 268 g/mol. The predicted octanol–water partition coefficient (Wildman–Crippen LogP) is 4.37. The molecule has 1 aromatic rings. The van der Waals surface area contributed by atoms with Gasteiger partial charge in [0.25, 0.3) is 5.69 Å². The Hall–Kier alpha value is -1.78. The van der Waals surface area contributed by atoms with Crippen molar-refractivity contribution in [2.75, 3.05) is 11.9 Å². The van der Waals surface area contributed by atoms with Crippen LogP contribution < -0.4 is 10.1 Å². The lowest BCUT2D eigenvalue weighted by Crippen LogP contribution is -2.27. The van der Waals surface area contributed by atoms with Crippen LogP contribution in [-0.2, 0) is 0 Å². The first-order valence-electron chi connectivity index (χ1n) is 7.79. The lowest BCUT2D eigenvalue weighted by atomic mass is 9.84. The number of hydrogen-bond acceptors (Lipinski definition) is 4. The minimum absolute atomic E-state index is 0.0867. The summed E-state index contributed by atoms with van der Waals surface area (Å²) in [5.41, 5.74) is 0.671. The van der Waals surface area contributed by atoms with Gasteiger partial charge in [-0.15, -0.1) is 0 Å². The second kappa shape index (κ2) is 7.29. The van der Waals surface area contributed by atoms with Gasteiger partial charge < -0.3 is 10.1 Å². The van der Waals surface area contributed by atoms with Gasteiger partial charge >= 0.3 is 0 Å². The van der Waals surface area contributed by atoms with Gasteiger partial charge in [-0.25, -0.2) is 0 Å². The quantitative estimate of drug-likeness (QED) is 0.624. The normalized spacial score (nSPS) is 17.2. The second-order valence-electron chi connectivity index (χ2n) is 5.70. The molecule has 0 spiro atoms. The fraction of sp³-hybridized carbons (Fsp3) is 0.625. The average Bonchev–Trinajstić information content (AvgIpc) is 2.49. The summed E-state index contributed by atoms with van der Waals surface area (Å²) in [7, 11) is 0. The summed E-state index contributed by atoms with van der Waals surface area (Å²) in [5.74, 6) is 1.14. The number of nitro groups is 1. The van der Waals surface area contributed by atoms with Crippen LogP contribution in [0, 0.1) is 16.0 Å². The third kappa shape index (κ3) is 4.09. The Kier molecular flexibility index (Phi) is 5.42. The molecule has 1 saturated carbocycles. The van der Waals surface area contributed by atoms with E-state index < -0.39 is 0 Å². The van der Waals surface area contributed by atoms with Gasteiger partial charge in [0.05, 0.1) is 17.6 Å². The topological polar surface area (TPSA) is 64.4 Å². The molecule has 0 aliphatic heterocycles. The largest absolute Gasteiger partial charge is 0.494 e. The van der Waals surface area contributed by atoms with Gasteiger partial charge in [0, 0.05) is 6.04 Å². The molecule has 1 fully saturated rings. The fourth-order valence-corrected chi connectivity index (χ4v) is 3.04. The maximum Gasteiger partial charge on any atom is 0.296 e. The summed E-state index contributed by atoms with van der Waals surface area (Å²) in [5, 5.41) is 14.6. The highest BCUT2D eigenvalue weighted by Gasteiger charge is 2.23. The Labute approximate surface area is 125 Å². The van der Waals surface area contributed by atoms with Gasteiger partial charge in [0.15, 0.2) is 0 Å². The zero-order chi connectivity index (χ0) is 15.2. The van der Waals surface area contributed by atoms with Gasteiger partial charge in [-0.3, -0.25) is 10.1 Å². The van der Waals surface area contributed by atoms with Crippen molar-refractivity contribution in [2.24, 2.45) is 5.92 Å². The van der Waals surface area contributed by atoms with Gasteiger partial charge in [-0.2, -0.15) is 0 Å². The molecule has 5 nitrogen and oxygen atoms in total. The highest BCUT2D eigenvalue weighted by molar-refractivity contribution is 5.64. The average molecular weight is 292 g/mol. The molecular formula is C16H24N2O3. The van der Waals surface area contributed by atoms with Crippen molar-refractivity contribution in [2.45, 2.75) is 52.0 Å². The first-order chi connectivity index (χ1) is 10.1. The van der Waals surface area contributed by atoms with Gasteiger partial charge in [-0.1, -0.05) is 19.3 Å². The number of hydrogen-bond donors (Lipinski definition) is 1. The maximum absolute atomic E-state index is 11.2. The van der Waals surface area contributed by atoms with E-state index >= 15 is 0 Å². The molecule has 116 valence electrons. The summed E-state index contributed by atoms with van der Waals surface area (Å²) in [6.07, 6.45) is 6.26. The van der Waals surface area contributed by atoms with Crippen LogP contribution in [0.2, 0.25) is 0 Å². The van der Waals surface area contributed by atoms with Crippen LogP contribution in [0.5, 0.6) is 5.75 Å². The van der Waals surface area contributed by atoms with E-state index in [2.05, 4.69) is 12.2 Å². The van der Waals surface area contributed by atoms with E-state index in [1.165, 1.54) is 38.2 Å². The van der Waals surface area contributed by atoms with Crippen molar-refractivity contribution in [1.29, 1.82) is 0 Å². The fourth-order valence-electron chi connectivity index (χ4n) is 3.04. The summed E-state index contributed by atoms with van der Waals surface area (Å²) in [6, 6.07) is 5.29. The SMILES string of the molecule is CCOc1ccc(NC(C)C2CCCCC2)c([N+](=O)[O-])c1. The number of nitro benzene ring substituents is 1. The molecule has 1 atom stereocenters. The third-order valence-corrected chi connectivity index (χ3v) is 4.22. The molecule has 5 heteroatoms. The molecule has 0 amide bonds. The summed E-state index contributed by atoms with van der Waals surface area (Å²) >= 11 is 0. The Morgan fingerprint density at radius 1 is 1.38 bits per heavy atom. The molecule has 1 aliphatic carbocycles. The lowest BCUT2D eigenvalue weighted by Gasteiger charge is -2.28. The molecule has 1 N–H and O–H groups in total. The number of ether oxygens (including phenoxy) is 1. The van der Waals surface area contributed by atoms with Crippen LogP contribution in [0.15, 0.2) is 18.2 Å². The van der Waals surface area contributed by atoms with Crippen molar-refractivity contribution in [3.63, 3.8) is 0 Å². The third-order valence-electron chi connectivity index (χ3n) is 4.22. The van der Waals surface area contributed by atoms with Crippen molar-refractivity contribution >= 4 is 11.4 Å². The first kappa shape index (κ1) is 15.6.